The van der Waals surface area contributed by atoms with Crippen molar-refractivity contribution in [3.8, 4) is 5.75 Å². The van der Waals surface area contributed by atoms with Crippen LogP contribution in [0, 0.1) is 12.7 Å². The van der Waals surface area contributed by atoms with E-state index < -0.39 is 6.29 Å². The van der Waals surface area contributed by atoms with E-state index in [-0.39, 0.29) is 5.82 Å². The van der Waals surface area contributed by atoms with Crippen molar-refractivity contribution >= 4 is 0 Å². The molecule has 0 saturated carbocycles. The highest BCUT2D eigenvalue weighted by Gasteiger charge is 2.26. The number of ether oxygens (including phenoxy) is 2. The Morgan fingerprint density at radius 1 is 1.08 bits per heavy atom. The molecule has 0 unspecified atom stereocenters. The minimum absolute atomic E-state index is 0.271. The van der Waals surface area contributed by atoms with Gasteiger partial charge >= 0.3 is 0 Å². The molecule has 0 fully saturated rings. The Kier molecular flexibility index (Phi) is 4.20. The first-order valence-electron chi connectivity index (χ1n) is 8.29. The largest absolute Gasteiger partial charge is 0.460 e. The van der Waals surface area contributed by atoms with Gasteiger partial charge in [-0.05, 0) is 24.6 Å². The van der Waals surface area contributed by atoms with Crippen molar-refractivity contribution < 1.29 is 18.4 Å². The quantitative estimate of drug-likeness (QED) is 0.673. The number of halogens is 1. The summed E-state index contributed by atoms with van der Waals surface area (Å²) in [6.07, 6.45) is 3.50. The summed E-state index contributed by atoms with van der Waals surface area (Å²) in [4.78, 5) is 0. The molecule has 0 spiro atoms. The third-order valence-electron chi connectivity index (χ3n) is 4.31. The summed E-state index contributed by atoms with van der Waals surface area (Å²) in [5.74, 6) is 0.446. The monoisotopic (exact) mass is 336 g/mol. The third kappa shape index (κ3) is 3.39. The molecule has 1 aliphatic rings. The van der Waals surface area contributed by atoms with E-state index in [1.807, 2.05) is 66.3 Å². The van der Waals surface area contributed by atoms with Crippen molar-refractivity contribution in [3.05, 3.63) is 95.1 Å². The van der Waals surface area contributed by atoms with Crippen LogP contribution >= 0.6 is 0 Å². The summed E-state index contributed by atoms with van der Waals surface area (Å²) in [7, 11) is 0. The average molecular weight is 336 g/mol. The first-order chi connectivity index (χ1) is 12.2. The standard InChI is InChI=1S/C21H19FNO2/c1-15-7-9-23(10-8-15)13-17-11-19(22)12-18-14-24-21(25-20(17)18)16-5-3-2-4-6-16/h2-12,21H,13-14H2,1H3/q+1/t21-/m0/s1. The van der Waals surface area contributed by atoms with Crippen LogP contribution in [0.1, 0.15) is 28.5 Å². The second kappa shape index (κ2) is 6.65. The van der Waals surface area contributed by atoms with Gasteiger partial charge in [-0.1, -0.05) is 30.3 Å². The highest BCUT2D eigenvalue weighted by molar-refractivity contribution is 5.43. The Balaban J connectivity index is 1.67. The second-order valence-electron chi connectivity index (χ2n) is 6.27. The molecular weight excluding hydrogens is 317 g/mol. The molecule has 25 heavy (non-hydrogen) atoms. The molecular formula is C21H19FNO2+. The number of pyridine rings is 1. The van der Waals surface area contributed by atoms with Gasteiger partial charge in [-0.3, -0.25) is 0 Å². The van der Waals surface area contributed by atoms with E-state index in [1.54, 1.807) is 6.07 Å². The van der Waals surface area contributed by atoms with Crippen LogP contribution in [0.2, 0.25) is 0 Å². The summed E-state index contributed by atoms with van der Waals surface area (Å²) in [6, 6.07) is 16.9. The van der Waals surface area contributed by atoms with Crippen molar-refractivity contribution in [2.75, 3.05) is 0 Å². The summed E-state index contributed by atoms with van der Waals surface area (Å²) in [5, 5.41) is 0. The molecule has 1 atom stereocenters. The molecule has 0 saturated heterocycles. The molecule has 2 aromatic carbocycles. The van der Waals surface area contributed by atoms with Gasteiger partial charge in [0.05, 0.1) is 12.2 Å². The first-order valence-corrected chi connectivity index (χ1v) is 8.29. The van der Waals surface area contributed by atoms with Gasteiger partial charge in [0.25, 0.3) is 0 Å². The Labute approximate surface area is 146 Å². The number of benzene rings is 2. The van der Waals surface area contributed by atoms with Crippen LogP contribution in [0.5, 0.6) is 5.75 Å². The summed E-state index contributed by atoms with van der Waals surface area (Å²) >= 11 is 0. The number of rotatable bonds is 3. The normalized spacial score (nSPS) is 16.2. The Morgan fingerprint density at radius 2 is 1.84 bits per heavy atom. The van der Waals surface area contributed by atoms with Crippen molar-refractivity contribution in [3.63, 3.8) is 0 Å². The van der Waals surface area contributed by atoms with Crippen molar-refractivity contribution in [1.82, 2.24) is 0 Å². The number of hydrogen-bond acceptors (Lipinski definition) is 2. The van der Waals surface area contributed by atoms with Gasteiger partial charge in [-0.25, -0.2) is 8.96 Å². The number of aryl methyl sites for hydroxylation is 1. The molecule has 0 bridgehead atoms. The maximum atomic E-state index is 14.0. The number of fused-ring (bicyclic) bond motifs is 1. The molecule has 4 heteroatoms. The highest BCUT2D eigenvalue weighted by Crippen LogP contribution is 2.36. The lowest BCUT2D eigenvalue weighted by molar-refractivity contribution is -0.688. The third-order valence-corrected chi connectivity index (χ3v) is 4.31. The van der Waals surface area contributed by atoms with E-state index in [2.05, 4.69) is 0 Å². The van der Waals surface area contributed by atoms with E-state index in [4.69, 9.17) is 9.47 Å². The number of nitrogens with zero attached hydrogens (tertiary/aromatic N) is 1. The van der Waals surface area contributed by atoms with E-state index in [9.17, 15) is 4.39 Å². The van der Waals surface area contributed by atoms with Gasteiger partial charge < -0.3 is 9.47 Å². The summed E-state index contributed by atoms with van der Waals surface area (Å²) in [6.45, 7) is 2.92. The molecule has 0 N–H and O–H groups in total. The maximum Gasteiger partial charge on any atom is 0.227 e. The molecule has 0 radical (unpaired) electrons. The van der Waals surface area contributed by atoms with Gasteiger partial charge in [-0.15, -0.1) is 0 Å². The minimum Gasteiger partial charge on any atom is -0.460 e. The van der Waals surface area contributed by atoms with E-state index in [0.29, 0.717) is 13.2 Å². The molecule has 0 aliphatic carbocycles. The molecule has 1 aliphatic heterocycles. The zero-order valence-corrected chi connectivity index (χ0v) is 14.0. The minimum atomic E-state index is -0.471. The lowest BCUT2D eigenvalue weighted by Gasteiger charge is -2.28. The van der Waals surface area contributed by atoms with Gasteiger partial charge in [0.2, 0.25) is 6.29 Å². The average Bonchev–Trinajstić information content (AvgIpc) is 2.64. The molecule has 0 amide bonds. The van der Waals surface area contributed by atoms with Gasteiger partial charge in [0.1, 0.15) is 11.6 Å². The lowest BCUT2D eigenvalue weighted by Crippen LogP contribution is -2.34. The van der Waals surface area contributed by atoms with Crippen LogP contribution in [-0.4, -0.2) is 0 Å². The van der Waals surface area contributed by atoms with Crippen molar-refractivity contribution in [2.24, 2.45) is 0 Å². The first kappa shape index (κ1) is 15.8. The van der Waals surface area contributed by atoms with Gasteiger partial charge in [0.15, 0.2) is 18.9 Å². The van der Waals surface area contributed by atoms with Crippen LogP contribution < -0.4 is 9.30 Å². The predicted octanol–water partition coefficient (Wildman–Crippen LogP) is 4.08. The topological polar surface area (TPSA) is 22.3 Å². The molecule has 2 heterocycles. The van der Waals surface area contributed by atoms with E-state index >= 15 is 0 Å². The van der Waals surface area contributed by atoms with Crippen molar-refractivity contribution in [1.29, 1.82) is 0 Å². The van der Waals surface area contributed by atoms with Crippen LogP contribution in [0.4, 0.5) is 4.39 Å². The molecule has 126 valence electrons. The molecule has 3 nitrogen and oxygen atoms in total. The fourth-order valence-corrected chi connectivity index (χ4v) is 3.00. The summed E-state index contributed by atoms with van der Waals surface area (Å²) in [5.41, 5.74) is 3.70. The van der Waals surface area contributed by atoms with Crippen LogP contribution in [0.3, 0.4) is 0 Å². The smallest absolute Gasteiger partial charge is 0.227 e. The number of hydrogen-bond donors (Lipinski definition) is 0. The molecule has 4 rings (SSSR count). The zero-order valence-electron chi connectivity index (χ0n) is 14.0. The predicted molar refractivity (Wildman–Crippen MR) is 91.5 cm³/mol. The molecule has 3 aromatic rings. The fraction of sp³-hybridized carbons (Fsp3) is 0.190. The fourth-order valence-electron chi connectivity index (χ4n) is 3.00. The Hall–Kier alpha value is -2.72. The maximum absolute atomic E-state index is 14.0. The van der Waals surface area contributed by atoms with E-state index in [0.717, 1.165) is 22.4 Å². The Bertz CT molecular complexity index is 878. The van der Waals surface area contributed by atoms with Crippen molar-refractivity contribution in [2.45, 2.75) is 26.4 Å². The highest BCUT2D eigenvalue weighted by atomic mass is 19.1. The van der Waals surface area contributed by atoms with Crippen LogP contribution in [-0.2, 0) is 17.9 Å². The lowest BCUT2D eigenvalue weighted by atomic mass is 10.1. The second-order valence-corrected chi connectivity index (χ2v) is 6.27. The SMILES string of the molecule is Cc1cc[n+](Cc2cc(F)cc3c2O[C@@H](c2ccccc2)OC3)cc1. The number of aromatic nitrogens is 1. The van der Waals surface area contributed by atoms with Gasteiger partial charge in [-0.2, -0.15) is 0 Å². The van der Waals surface area contributed by atoms with Crippen LogP contribution in [0.25, 0.3) is 0 Å². The zero-order chi connectivity index (χ0) is 17.2. The summed E-state index contributed by atoms with van der Waals surface area (Å²) < 4.78 is 27.9. The Morgan fingerprint density at radius 3 is 2.60 bits per heavy atom. The van der Waals surface area contributed by atoms with Crippen LogP contribution in [0.15, 0.2) is 67.0 Å². The molecule has 1 aromatic heterocycles. The van der Waals surface area contributed by atoms with E-state index in [1.165, 1.54) is 11.6 Å². The van der Waals surface area contributed by atoms with Gasteiger partial charge in [0, 0.05) is 23.3 Å².